The van der Waals surface area contributed by atoms with Gasteiger partial charge in [0, 0.05) is 42.9 Å². The van der Waals surface area contributed by atoms with Gasteiger partial charge in [-0.25, -0.2) is 9.78 Å². The lowest BCUT2D eigenvalue weighted by Crippen LogP contribution is -2.36. The molecule has 196 valence electrons. The van der Waals surface area contributed by atoms with E-state index in [4.69, 9.17) is 14.5 Å². The average Bonchev–Trinajstić information content (AvgIpc) is 3.20. The van der Waals surface area contributed by atoms with Crippen molar-refractivity contribution < 1.29 is 23.9 Å². The van der Waals surface area contributed by atoms with Crippen LogP contribution in [-0.2, 0) is 20.8 Å². The molecule has 1 aliphatic heterocycles. The standard InChI is InChI=1S/C27H38N4O5/c1-26(2,3)35-22(32)13-14-28-24(33)19-11-9-18(10-12-19)21-17-31-15-7-8-20(23(31)30-21)16-29-25(34)36-27(4,5)6/h9-12,17,20H,7-8,13-16H2,1-6H3,(H,28,33)(H,29,34). The average molecular weight is 499 g/mol. The number of hydrogen-bond acceptors (Lipinski definition) is 6. The molecule has 2 aromatic rings. The zero-order chi connectivity index (χ0) is 26.5. The van der Waals surface area contributed by atoms with Gasteiger partial charge in [-0.3, -0.25) is 9.59 Å². The van der Waals surface area contributed by atoms with E-state index in [1.165, 1.54) is 0 Å². The van der Waals surface area contributed by atoms with Gasteiger partial charge in [-0.1, -0.05) is 12.1 Å². The van der Waals surface area contributed by atoms with Gasteiger partial charge in [0.1, 0.15) is 17.0 Å². The highest BCUT2D eigenvalue weighted by Gasteiger charge is 2.25. The van der Waals surface area contributed by atoms with Crippen molar-refractivity contribution in [2.75, 3.05) is 13.1 Å². The number of aryl methyl sites for hydroxylation is 1. The van der Waals surface area contributed by atoms with Gasteiger partial charge in [0.05, 0.1) is 12.1 Å². The van der Waals surface area contributed by atoms with E-state index in [-0.39, 0.29) is 30.8 Å². The van der Waals surface area contributed by atoms with E-state index in [1.807, 2.05) is 59.9 Å². The van der Waals surface area contributed by atoms with Gasteiger partial charge in [-0.05, 0) is 66.5 Å². The predicted octanol–water partition coefficient (Wildman–Crippen LogP) is 4.41. The lowest BCUT2D eigenvalue weighted by atomic mass is 9.99. The second-order valence-corrected chi connectivity index (χ2v) is 11.1. The lowest BCUT2D eigenvalue weighted by Gasteiger charge is -2.25. The number of nitrogens with one attached hydrogen (secondary N) is 2. The van der Waals surface area contributed by atoms with Crippen LogP contribution in [0.4, 0.5) is 4.79 Å². The molecule has 9 heteroatoms. The predicted molar refractivity (Wildman–Crippen MR) is 137 cm³/mol. The quantitative estimate of drug-likeness (QED) is 0.547. The molecular weight excluding hydrogens is 460 g/mol. The van der Waals surface area contributed by atoms with E-state index in [9.17, 15) is 14.4 Å². The molecule has 1 unspecified atom stereocenters. The second kappa shape index (κ2) is 11.1. The topological polar surface area (TPSA) is 112 Å². The minimum atomic E-state index is -0.544. The summed E-state index contributed by atoms with van der Waals surface area (Å²) in [7, 11) is 0. The molecule has 2 amide bonds. The van der Waals surface area contributed by atoms with Crippen molar-refractivity contribution in [1.82, 2.24) is 20.2 Å². The number of fused-ring (bicyclic) bond motifs is 1. The Labute approximate surface area is 213 Å². The molecule has 1 aliphatic rings. The van der Waals surface area contributed by atoms with E-state index in [0.717, 1.165) is 36.5 Å². The molecule has 1 aromatic carbocycles. The van der Waals surface area contributed by atoms with Crippen molar-refractivity contribution >= 4 is 18.0 Å². The van der Waals surface area contributed by atoms with Gasteiger partial charge in [-0.2, -0.15) is 0 Å². The monoisotopic (exact) mass is 498 g/mol. The van der Waals surface area contributed by atoms with Gasteiger partial charge in [-0.15, -0.1) is 0 Å². The van der Waals surface area contributed by atoms with Crippen LogP contribution >= 0.6 is 0 Å². The smallest absolute Gasteiger partial charge is 0.407 e. The number of hydrogen-bond donors (Lipinski definition) is 2. The number of imidazole rings is 1. The maximum absolute atomic E-state index is 12.4. The molecule has 0 aliphatic carbocycles. The summed E-state index contributed by atoms with van der Waals surface area (Å²) in [6.45, 7) is 12.5. The van der Waals surface area contributed by atoms with Crippen molar-refractivity contribution in [3.05, 3.63) is 41.9 Å². The number of nitrogens with zero attached hydrogens (tertiary/aromatic N) is 2. The molecule has 9 nitrogen and oxygen atoms in total. The molecular formula is C27H38N4O5. The van der Waals surface area contributed by atoms with Gasteiger partial charge >= 0.3 is 12.1 Å². The Morgan fingerprint density at radius 3 is 2.31 bits per heavy atom. The highest BCUT2D eigenvalue weighted by molar-refractivity contribution is 5.94. The van der Waals surface area contributed by atoms with Crippen molar-refractivity contribution in [2.24, 2.45) is 0 Å². The number of amides is 2. The maximum Gasteiger partial charge on any atom is 0.407 e. The largest absolute Gasteiger partial charge is 0.460 e. The number of alkyl carbamates (subject to hydrolysis) is 1. The number of esters is 1. The zero-order valence-electron chi connectivity index (χ0n) is 22.1. The van der Waals surface area contributed by atoms with E-state index in [0.29, 0.717) is 12.1 Å². The first-order valence-corrected chi connectivity index (χ1v) is 12.4. The summed E-state index contributed by atoms with van der Waals surface area (Å²) in [5.74, 6) is 0.454. The van der Waals surface area contributed by atoms with E-state index in [2.05, 4.69) is 15.2 Å². The Kier molecular flexibility index (Phi) is 8.43. The summed E-state index contributed by atoms with van der Waals surface area (Å²) in [6.07, 6.45) is 3.66. The first-order valence-electron chi connectivity index (χ1n) is 12.4. The normalized spacial score (nSPS) is 15.6. The molecule has 3 rings (SSSR count). The Hall–Kier alpha value is -3.36. The molecule has 0 bridgehead atoms. The van der Waals surface area contributed by atoms with Crippen LogP contribution < -0.4 is 10.6 Å². The van der Waals surface area contributed by atoms with Crippen molar-refractivity contribution in [2.45, 2.75) is 84.5 Å². The minimum Gasteiger partial charge on any atom is -0.460 e. The molecule has 0 spiro atoms. The third-order valence-electron chi connectivity index (χ3n) is 5.49. The SMILES string of the molecule is CC(C)(C)OC(=O)CCNC(=O)c1ccc(-c2cn3c(n2)C(CNC(=O)OC(C)(C)C)CCC3)cc1. The van der Waals surface area contributed by atoms with Crippen LogP contribution in [-0.4, -0.2) is 51.8 Å². The van der Waals surface area contributed by atoms with Crippen molar-refractivity contribution in [1.29, 1.82) is 0 Å². The molecule has 0 saturated carbocycles. The summed E-state index contributed by atoms with van der Waals surface area (Å²) in [4.78, 5) is 41.2. The van der Waals surface area contributed by atoms with E-state index < -0.39 is 17.3 Å². The van der Waals surface area contributed by atoms with Crippen molar-refractivity contribution in [3.8, 4) is 11.3 Å². The van der Waals surface area contributed by atoms with Crippen LogP contribution in [0.3, 0.4) is 0 Å². The summed E-state index contributed by atoms with van der Waals surface area (Å²) in [5, 5.41) is 5.62. The number of aromatic nitrogens is 2. The highest BCUT2D eigenvalue weighted by atomic mass is 16.6. The summed E-state index contributed by atoms with van der Waals surface area (Å²) in [6, 6.07) is 7.23. The molecule has 1 aromatic heterocycles. The van der Waals surface area contributed by atoms with Gasteiger partial charge < -0.3 is 24.7 Å². The lowest BCUT2D eigenvalue weighted by molar-refractivity contribution is -0.154. The van der Waals surface area contributed by atoms with Crippen LogP contribution in [0.5, 0.6) is 0 Å². The Bertz CT molecular complexity index is 1080. The van der Waals surface area contributed by atoms with Crippen molar-refractivity contribution in [3.63, 3.8) is 0 Å². The number of rotatable bonds is 7. The highest BCUT2D eigenvalue weighted by Crippen LogP contribution is 2.29. The van der Waals surface area contributed by atoms with Crippen LogP contribution in [0.25, 0.3) is 11.3 Å². The zero-order valence-corrected chi connectivity index (χ0v) is 22.1. The van der Waals surface area contributed by atoms with Crippen LogP contribution in [0.1, 0.15) is 82.9 Å². The molecule has 0 fully saturated rings. The molecule has 1 atom stereocenters. The molecule has 2 N–H and O–H groups in total. The fourth-order valence-corrected chi connectivity index (χ4v) is 3.99. The fourth-order valence-electron chi connectivity index (χ4n) is 3.99. The number of carbonyl (C=O) groups excluding carboxylic acids is 3. The summed E-state index contributed by atoms with van der Waals surface area (Å²) < 4.78 is 12.7. The number of ether oxygens (including phenoxy) is 2. The third kappa shape index (κ3) is 8.10. The minimum absolute atomic E-state index is 0.107. The van der Waals surface area contributed by atoms with Crippen LogP contribution in [0.15, 0.2) is 30.5 Å². The van der Waals surface area contributed by atoms with Gasteiger partial charge in [0.25, 0.3) is 5.91 Å². The third-order valence-corrected chi connectivity index (χ3v) is 5.49. The van der Waals surface area contributed by atoms with Crippen LogP contribution in [0.2, 0.25) is 0 Å². The maximum atomic E-state index is 12.4. The fraction of sp³-hybridized carbons (Fsp3) is 0.556. The van der Waals surface area contributed by atoms with Crippen LogP contribution in [0, 0.1) is 0 Å². The Morgan fingerprint density at radius 2 is 1.67 bits per heavy atom. The first kappa shape index (κ1) is 27.2. The Balaban J connectivity index is 1.58. The molecule has 0 saturated heterocycles. The van der Waals surface area contributed by atoms with Gasteiger partial charge in [0.2, 0.25) is 0 Å². The van der Waals surface area contributed by atoms with E-state index in [1.54, 1.807) is 12.1 Å². The summed E-state index contributed by atoms with van der Waals surface area (Å²) >= 11 is 0. The molecule has 2 heterocycles. The first-order chi connectivity index (χ1) is 16.8. The number of benzene rings is 1. The molecule has 0 radical (unpaired) electrons. The second-order valence-electron chi connectivity index (χ2n) is 11.1. The van der Waals surface area contributed by atoms with Gasteiger partial charge in [0.15, 0.2) is 0 Å². The summed E-state index contributed by atoms with van der Waals surface area (Å²) in [5.41, 5.74) is 1.15. The van der Waals surface area contributed by atoms with E-state index >= 15 is 0 Å². The molecule has 36 heavy (non-hydrogen) atoms. The Morgan fingerprint density at radius 1 is 1.00 bits per heavy atom. The number of carbonyl (C=O) groups is 3.